The number of piperidine rings is 1. The molecule has 1 heterocycles. The van der Waals surface area contributed by atoms with Gasteiger partial charge in [-0.15, -0.1) is 0 Å². The monoisotopic (exact) mass is 292 g/mol. The zero-order valence-electron chi connectivity index (χ0n) is 13.2. The molecule has 116 valence electrons. The molecule has 0 aliphatic carbocycles. The molecule has 2 rings (SSSR count). The van der Waals surface area contributed by atoms with E-state index in [4.69, 9.17) is 0 Å². The highest BCUT2D eigenvalue weighted by atomic mass is 19.1. The van der Waals surface area contributed by atoms with Crippen molar-refractivity contribution in [3.05, 3.63) is 35.1 Å². The Labute approximate surface area is 126 Å². The first-order valence-electron chi connectivity index (χ1n) is 7.65. The van der Waals surface area contributed by atoms with Crippen molar-refractivity contribution in [3.63, 3.8) is 0 Å². The molecule has 4 heteroatoms. The number of benzene rings is 1. The number of likely N-dealkylation sites (N-methyl/N-ethyl adjacent to an activating group) is 1. The quantitative estimate of drug-likeness (QED) is 0.780. The van der Waals surface area contributed by atoms with E-state index in [2.05, 4.69) is 23.9 Å². The van der Waals surface area contributed by atoms with Gasteiger partial charge in [0.15, 0.2) is 5.78 Å². The zero-order valence-corrected chi connectivity index (χ0v) is 13.2. The predicted octanol–water partition coefficient (Wildman–Crippen LogP) is 2.73. The third-order valence-corrected chi connectivity index (χ3v) is 4.36. The minimum Gasteiger partial charge on any atom is -0.305 e. The average Bonchev–Trinajstić information content (AvgIpc) is 2.48. The van der Waals surface area contributed by atoms with E-state index in [9.17, 15) is 9.18 Å². The van der Waals surface area contributed by atoms with E-state index in [1.54, 1.807) is 19.1 Å². The van der Waals surface area contributed by atoms with E-state index < -0.39 is 0 Å². The summed E-state index contributed by atoms with van der Waals surface area (Å²) in [5.41, 5.74) is 1.07. The molecule has 21 heavy (non-hydrogen) atoms. The summed E-state index contributed by atoms with van der Waals surface area (Å²) in [7, 11) is 4.21. The van der Waals surface area contributed by atoms with Gasteiger partial charge >= 0.3 is 0 Å². The van der Waals surface area contributed by atoms with Crippen LogP contribution in [0.2, 0.25) is 0 Å². The fourth-order valence-corrected chi connectivity index (χ4v) is 2.83. The van der Waals surface area contributed by atoms with Crippen molar-refractivity contribution in [1.82, 2.24) is 9.80 Å². The zero-order chi connectivity index (χ0) is 15.4. The molecule has 0 aromatic heterocycles. The molecule has 0 amide bonds. The molecule has 0 radical (unpaired) electrons. The van der Waals surface area contributed by atoms with Crippen molar-refractivity contribution in [2.75, 3.05) is 33.7 Å². The van der Waals surface area contributed by atoms with Gasteiger partial charge in [0.25, 0.3) is 0 Å². The highest BCUT2D eigenvalue weighted by Crippen LogP contribution is 2.15. The molecule has 0 spiro atoms. The first kappa shape index (κ1) is 16.1. The van der Waals surface area contributed by atoms with Crippen LogP contribution in [0.15, 0.2) is 18.2 Å². The number of halogens is 1. The topological polar surface area (TPSA) is 23.6 Å². The normalized spacial score (nSPS) is 20.0. The smallest absolute Gasteiger partial charge is 0.164 e. The van der Waals surface area contributed by atoms with Gasteiger partial charge in [-0.3, -0.25) is 4.79 Å². The van der Waals surface area contributed by atoms with Crippen LogP contribution in [0.4, 0.5) is 4.39 Å². The average molecular weight is 292 g/mol. The number of hydrogen-bond acceptors (Lipinski definition) is 3. The van der Waals surface area contributed by atoms with Gasteiger partial charge in [0.2, 0.25) is 0 Å². The Kier molecular flexibility index (Phi) is 5.48. The van der Waals surface area contributed by atoms with Gasteiger partial charge in [-0.1, -0.05) is 12.1 Å². The Morgan fingerprint density at radius 3 is 2.86 bits per heavy atom. The molecule has 1 aliphatic heterocycles. The van der Waals surface area contributed by atoms with E-state index in [1.807, 2.05) is 0 Å². The van der Waals surface area contributed by atoms with Gasteiger partial charge in [-0.2, -0.15) is 0 Å². The standard InChI is InChI=1S/C17H25FN2O/c1-13-6-7-14(11-16(13)18)17(21)8-10-20-9-4-5-15(12-20)19(2)3/h6-7,11,15H,4-5,8-10,12H2,1-3H3. The van der Waals surface area contributed by atoms with Crippen LogP contribution in [0, 0.1) is 12.7 Å². The highest BCUT2D eigenvalue weighted by Gasteiger charge is 2.21. The molecule has 1 aromatic carbocycles. The summed E-state index contributed by atoms with van der Waals surface area (Å²) < 4.78 is 13.5. The molecule has 1 atom stereocenters. The number of carbonyl (C=O) groups excluding carboxylic acids is 1. The SMILES string of the molecule is Cc1ccc(C(=O)CCN2CCCC(N(C)C)C2)cc1F. The number of likely N-dealkylation sites (tertiary alicyclic amines) is 1. The van der Waals surface area contributed by atoms with E-state index in [0.29, 0.717) is 23.6 Å². The fraction of sp³-hybridized carbons (Fsp3) is 0.588. The molecule has 0 saturated carbocycles. The second-order valence-electron chi connectivity index (χ2n) is 6.20. The van der Waals surface area contributed by atoms with E-state index >= 15 is 0 Å². The van der Waals surface area contributed by atoms with E-state index in [0.717, 1.165) is 19.6 Å². The Morgan fingerprint density at radius 1 is 1.43 bits per heavy atom. The molecule has 0 N–H and O–H groups in total. The van der Waals surface area contributed by atoms with Crippen LogP contribution in [-0.4, -0.2) is 55.4 Å². The maximum absolute atomic E-state index is 13.5. The Morgan fingerprint density at radius 2 is 2.19 bits per heavy atom. The summed E-state index contributed by atoms with van der Waals surface area (Å²) in [4.78, 5) is 16.8. The maximum atomic E-state index is 13.5. The lowest BCUT2D eigenvalue weighted by Crippen LogP contribution is -2.45. The summed E-state index contributed by atoms with van der Waals surface area (Å²) in [5.74, 6) is -0.271. The number of rotatable bonds is 5. The lowest BCUT2D eigenvalue weighted by Gasteiger charge is -2.36. The summed E-state index contributed by atoms with van der Waals surface area (Å²) in [6.07, 6.45) is 2.86. The van der Waals surface area contributed by atoms with Crippen LogP contribution in [-0.2, 0) is 0 Å². The van der Waals surface area contributed by atoms with E-state index in [1.165, 1.54) is 18.9 Å². The van der Waals surface area contributed by atoms with Crippen LogP contribution in [0.5, 0.6) is 0 Å². The van der Waals surface area contributed by atoms with Crippen molar-refractivity contribution in [2.45, 2.75) is 32.2 Å². The van der Waals surface area contributed by atoms with Crippen LogP contribution in [0.25, 0.3) is 0 Å². The Bertz CT molecular complexity index is 502. The van der Waals surface area contributed by atoms with Gasteiger partial charge in [-0.05, 0) is 52.0 Å². The number of nitrogens with zero attached hydrogens (tertiary/aromatic N) is 2. The van der Waals surface area contributed by atoms with E-state index in [-0.39, 0.29) is 11.6 Å². The minimum absolute atomic E-state index is 0.0286. The summed E-state index contributed by atoms with van der Waals surface area (Å²) in [6, 6.07) is 5.33. The first-order valence-corrected chi connectivity index (χ1v) is 7.65. The Balaban J connectivity index is 1.87. The van der Waals surface area contributed by atoms with Gasteiger partial charge < -0.3 is 9.80 Å². The maximum Gasteiger partial charge on any atom is 0.164 e. The highest BCUT2D eigenvalue weighted by molar-refractivity contribution is 5.96. The molecular formula is C17H25FN2O. The Hall–Kier alpha value is -1.26. The summed E-state index contributed by atoms with van der Waals surface area (Å²) in [6.45, 7) is 4.54. The van der Waals surface area contributed by atoms with Crippen LogP contribution in [0.3, 0.4) is 0 Å². The second-order valence-corrected chi connectivity index (χ2v) is 6.20. The third kappa shape index (κ3) is 4.35. The number of aryl methyl sites for hydroxylation is 1. The fourth-order valence-electron chi connectivity index (χ4n) is 2.83. The lowest BCUT2D eigenvalue weighted by molar-refractivity contribution is 0.0927. The molecule has 3 nitrogen and oxygen atoms in total. The van der Waals surface area contributed by atoms with Gasteiger partial charge in [0.05, 0.1) is 0 Å². The van der Waals surface area contributed by atoms with Crippen molar-refractivity contribution in [2.24, 2.45) is 0 Å². The summed E-state index contributed by atoms with van der Waals surface area (Å²) in [5, 5.41) is 0. The van der Waals surface area contributed by atoms with Crippen molar-refractivity contribution < 1.29 is 9.18 Å². The largest absolute Gasteiger partial charge is 0.305 e. The van der Waals surface area contributed by atoms with Gasteiger partial charge in [0, 0.05) is 31.1 Å². The molecule has 1 saturated heterocycles. The van der Waals surface area contributed by atoms with Crippen molar-refractivity contribution >= 4 is 5.78 Å². The molecular weight excluding hydrogens is 267 g/mol. The first-order chi connectivity index (χ1) is 9.97. The molecule has 1 unspecified atom stereocenters. The van der Waals surface area contributed by atoms with Crippen LogP contribution < -0.4 is 0 Å². The van der Waals surface area contributed by atoms with Crippen LogP contribution in [0.1, 0.15) is 35.2 Å². The summed E-state index contributed by atoms with van der Waals surface area (Å²) >= 11 is 0. The van der Waals surface area contributed by atoms with Crippen molar-refractivity contribution in [3.8, 4) is 0 Å². The molecule has 1 aliphatic rings. The lowest BCUT2D eigenvalue weighted by atomic mass is 10.0. The number of ketones is 1. The van der Waals surface area contributed by atoms with Crippen LogP contribution >= 0.6 is 0 Å². The van der Waals surface area contributed by atoms with Gasteiger partial charge in [0.1, 0.15) is 5.82 Å². The molecule has 0 bridgehead atoms. The predicted molar refractivity (Wildman–Crippen MR) is 83.2 cm³/mol. The van der Waals surface area contributed by atoms with Gasteiger partial charge in [-0.25, -0.2) is 4.39 Å². The van der Waals surface area contributed by atoms with Crippen molar-refractivity contribution in [1.29, 1.82) is 0 Å². The molecule has 1 fully saturated rings. The second kappa shape index (κ2) is 7.14. The minimum atomic E-state index is -0.300. The number of hydrogen-bond donors (Lipinski definition) is 0. The number of carbonyl (C=O) groups is 1. The molecule has 1 aromatic rings. The third-order valence-electron chi connectivity index (χ3n) is 4.36. The number of Topliss-reactive ketones (excluding diaryl/α,β-unsaturated/α-hetero) is 1.